The van der Waals surface area contributed by atoms with E-state index in [0.717, 1.165) is 5.56 Å². The van der Waals surface area contributed by atoms with Crippen LogP contribution in [0.1, 0.15) is 29.7 Å². The molecule has 2 heterocycles. The van der Waals surface area contributed by atoms with Gasteiger partial charge >= 0.3 is 5.97 Å². The molecule has 1 aliphatic rings. The van der Waals surface area contributed by atoms with Crippen molar-refractivity contribution in [2.45, 2.75) is 19.6 Å². The fourth-order valence-electron chi connectivity index (χ4n) is 4.27. The number of carbonyl (C=O) groups excluding carboxylic acids is 1. The largest absolute Gasteiger partial charge is 0.493 e. The SMILES string of the molecule is CCOC(=O)C1=C(c2ccccc2)Nc2ncnn2[C@@H]1c1ccc(OCc2ccccc2F)c(OC)c1. The number of anilines is 1. The zero-order valence-corrected chi connectivity index (χ0v) is 20.3. The number of hydrogen-bond donors (Lipinski definition) is 1. The number of fused-ring (bicyclic) bond motifs is 1. The molecule has 188 valence electrons. The molecule has 37 heavy (non-hydrogen) atoms. The lowest BCUT2D eigenvalue weighted by atomic mass is 9.92. The summed E-state index contributed by atoms with van der Waals surface area (Å²) in [7, 11) is 1.52. The van der Waals surface area contributed by atoms with Gasteiger partial charge in [0.25, 0.3) is 0 Å². The van der Waals surface area contributed by atoms with Crippen LogP contribution in [0.3, 0.4) is 0 Å². The van der Waals surface area contributed by atoms with E-state index in [9.17, 15) is 9.18 Å². The van der Waals surface area contributed by atoms with Crippen LogP contribution in [-0.2, 0) is 16.1 Å². The van der Waals surface area contributed by atoms with Gasteiger partial charge in [-0.2, -0.15) is 10.1 Å². The Labute approximate surface area is 213 Å². The number of aromatic nitrogens is 3. The van der Waals surface area contributed by atoms with E-state index in [1.54, 1.807) is 41.9 Å². The van der Waals surface area contributed by atoms with Gasteiger partial charge in [-0.05, 0) is 36.2 Å². The van der Waals surface area contributed by atoms with Gasteiger partial charge in [-0.3, -0.25) is 0 Å². The molecule has 0 radical (unpaired) electrons. The van der Waals surface area contributed by atoms with Crippen LogP contribution in [0.2, 0.25) is 0 Å². The summed E-state index contributed by atoms with van der Waals surface area (Å²) >= 11 is 0. The number of nitrogens with zero attached hydrogens (tertiary/aromatic N) is 3. The zero-order chi connectivity index (χ0) is 25.8. The van der Waals surface area contributed by atoms with Gasteiger partial charge in [0.1, 0.15) is 24.8 Å². The average molecular weight is 501 g/mol. The van der Waals surface area contributed by atoms with Crippen LogP contribution in [0.4, 0.5) is 10.3 Å². The number of methoxy groups -OCH3 is 1. The van der Waals surface area contributed by atoms with Gasteiger partial charge in [0.2, 0.25) is 5.95 Å². The molecule has 0 fully saturated rings. The number of esters is 1. The van der Waals surface area contributed by atoms with Crippen molar-refractivity contribution in [2.24, 2.45) is 0 Å². The normalized spacial score (nSPS) is 14.5. The van der Waals surface area contributed by atoms with E-state index < -0.39 is 12.0 Å². The Morgan fingerprint density at radius 3 is 2.59 bits per heavy atom. The third kappa shape index (κ3) is 4.75. The number of rotatable bonds is 8. The summed E-state index contributed by atoms with van der Waals surface area (Å²) in [5.41, 5.74) is 2.91. The minimum absolute atomic E-state index is 0.0368. The molecule has 1 atom stereocenters. The van der Waals surface area contributed by atoms with Crippen molar-refractivity contribution >= 4 is 17.6 Å². The van der Waals surface area contributed by atoms with Crippen LogP contribution in [0.15, 0.2) is 84.7 Å². The molecule has 0 spiro atoms. The average Bonchev–Trinajstić information content (AvgIpc) is 3.41. The molecule has 8 nitrogen and oxygen atoms in total. The predicted octanol–water partition coefficient (Wildman–Crippen LogP) is 4.99. The summed E-state index contributed by atoms with van der Waals surface area (Å²) in [6.45, 7) is 2.01. The Morgan fingerprint density at radius 1 is 1.05 bits per heavy atom. The molecule has 0 aliphatic carbocycles. The number of ether oxygens (including phenoxy) is 3. The van der Waals surface area contributed by atoms with Crippen molar-refractivity contribution in [1.82, 2.24) is 14.8 Å². The Hall–Kier alpha value is -4.66. The van der Waals surface area contributed by atoms with Gasteiger partial charge in [0.05, 0.1) is 25.0 Å². The lowest BCUT2D eigenvalue weighted by Crippen LogP contribution is -2.30. The van der Waals surface area contributed by atoms with Crippen molar-refractivity contribution < 1.29 is 23.4 Å². The zero-order valence-electron chi connectivity index (χ0n) is 20.3. The Morgan fingerprint density at radius 2 is 1.84 bits per heavy atom. The molecule has 5 rings (SSSR count). The molecule has 0 amide bonds. The molecule has 3 aromatic carbocycles. The van der Waals surface area contributed by atoms with E-state index in [0.29, 0.717) is 39.8 Å². The number of hydrogen-bond acceptors (Lipinski definition) is 7. The van der Waals surface area contributed by atoms with Gasteiger partial charge in [-0.15, -0.1) is 0 Å². The first-order valence-electron chi connectivity index (χ1n) is 11.8. The summed E-state index contributed by atoms with van der Waals surface area (Å²) in [6.07, 6.45) is 1.43. The van der Waals surface area contributed by atoms with E-state index in [1.165, 1.54) is 19.5 Å². The predicted molar refractivity (Wildman–Crippen MR) is 136 cm³/mol. The third-order valence-corrected chi connectivity index (χ3v) is 6.00. The molecule has 0 saturated heterocycles. The molecule has 0 bridgehead atoms. The summed E-state index contributed by atoms with van der Waals surface area (Å²) in [5.74, 6) is 0.532. The second-order valence-electron chi connectivity index (χ2n) is 8.22. The van der Waals surface area contributed by atoms with Crippen LogP contribution in [0.25, 0.3) is 5.70 Å². The van der Waals surface area contributed by atoms with E-state index in [4.69, 9.17) is 14.2 Å². The van der Waals surface area contributed by atoms with Crippen LogP contribution >= 0.6 is 0 Å². The maximum atomic E-state index is 14.1. The Kier molecular flexibility index (Phi) is 6.85. The van der Waals surface area contributed by atoms with Crippen LogP contribution in [-0.4, -0.2) is 34.5 Å². The van der Waals surface area contributed by atoms with Gasteiger partial charge < -0.3 is 19.5 Å². The highest BCUT2D eigenvalue weighted by atomic mass is 19.1. The number of carbonyl (C=O) groups is 1. The first kappa shape index (κ1) is 24.1. The van der Waals surface area contributed by atoms with E-state index >= 15 is 0 Å². The Bertz CT molecular complexity index is 1450. The highest BCUT2D eigenvalue weighted by Crippen LogP contribution is 2.41. The molecule has 0 unspecified atom stereocenters. The fraction of sp³-hybridized carbons (Fsp3) is 0.179. The molecule has 9 heteroatoms. The van der Waals surface area contributed by atoms with Gasteiger partial charge in [0.15, 0.2) is 11.5 Å². The lowest BCUT2D eigenvalue weighted by molar-refractivity contribution is -0.138. The maximum absolute atomic E-state index is 14.1. The highest BCUT2D eigenvalue weighted by molar-refractivity contribution is 6.02. The fourth-order valence-corrected chi connectivity index (χ4v) is 4.27. The van der Waals surface area contributed by atoms with Crippen LogP contribution < -0.4 is 14.8 Å². The van der Waals surface area contributed by atoms with Gasteiger partial charge in [0, 0.05) is 5.56 Å². The number of nitrogens with one attached hydrogen (secondary N) is 1. The second kappa shape index (κ2) is 10.5. The maximum Gasteiger partial charge on any atom is 0.338 e. The van der Waals surface area contributed by atoms with Crippen LogP contribution in [0, 0.1) is 5.82 Å². The molecular formula is C28H25FN4O4. The lowest BCUT2D eigenvalue weighted by Gasteiger charge is -2.30. The molecule has 4 aromatic rings. The smallest absolute Gasteiger partial charge is 0.338 e. The van der Waals surface area contributed by atoms with Crippen molar-refractivity contribution in [3.05, 3.63) is 107 Å². The van der Waals surface area contributed by atoms with Crippen molar-refractivity contribution in [2.75, 3.05) is 19.0 Å². The highest BCUT2D eigenvalue weighted by Gasteiger charge is 2.36. The summed E-state index contributed by atoms with van der Waals surface area (Å²) in [5, 5.41) is 7.63. The molecular weight excluding hydrogens is 475 g/mol. The molecule has 1 aromatic heterocycles. The van der Waals surface area contributed by atoms with Gasteiger partial charge in [-0.1, -0.05) is 54.6 Å². The first-order valence-corrected chi connectivity index (χ1v) is 11.8. The minimum Gasteiger partial charge on any atom is -0.493 e. The number of halogens is 1. The summed E-state index contributed by atoms with van der Waals surface area (Å²) < 4.78 is 32.7. The van der Waals surface area contributed by atoms with E-state index in [-0.39, 0.29) is 19.0 Å². The molecule has 1 N–H and O–H groups in total. The van der Waals surface area contributed by atoms with E-state index in [1.807, 2.05) is 36.4 Å². The molecule has 1 aliphatic heterocycles. The second-order valence-corrected chi connectivity index (χ2v) is 8.22. The minimum atomic E-state index is -0.650. The van der Waals surface area contributed by atoms with Crippen LogP contribution in [0.5, 0.6) is 11.5 Å². The molecule has 0 saturated carbocycles. The topological polar surface area (TPSA) is 87.5 Å². The van der Waals surface area contributed by atoms with Crippen molar-refractivity contribution in [3.63, 3.8) is 0 Å². The standard InChI is InChI=1S/C28H25FN4O4/c1-3-36-27(34)24-25(18-9-5-4-6-10-18)32-28-30-17-31-33(28)26(24)19-13-14-22(23(15-19)35-2)37-16-20-11-7-8-12-21(20)29/h4-15,17,26H,3,16H2,1-2H3,(H,30,31,32)/t26-/m1/s1. The van der Waals surface area contributed by atoms with Crippen molar-refractivity contribution in [1.29, 1.82) is 0 Å². The van der Waals surface area contributed by atoms with Gasteiger partial charge in [-0.25, -0.2) is 13.9 Å². The summed E-state index contributed by atoms with van der Waals surface area (Å²) in [4.78, 5) is 17.7. The van der Waals surface area contributed by atoms with E-state index in [2.05, 4.69) is 15.4 Å². The quantitative estimate of drug-likeness (QED) is 0.341. The van der Waals surface area contributed by atoms with Crippen molar-refractivity contribution in [3.8, 4) is 11.5 Å². The monoisotopic (exact) mass is 500 g/mol. The summed E-state index contributed by atoms with van der Waals surface area (Å²) in [6, 6.07) is 20.6. The number of benzene rings is 3. The first-order chi connectivity index (χ1) is 18.1. The third-order valence-electron chi connectivity index (χ3n) is 6.00. The Balaban J connectivity index is 1.58.